The predicted molar refractivity (Wildman–Crippen MR) is 67.8 cm³/mol. The third-order valence-electron chi connectivity index (χ3n) is 2.49. The fraction of sp³-hybridized carbons (Fsp3) is 0.462. The van der Waals surface area contributed by atoms with Crippen molar-refractivity contribution in [3.05, 3.63) is 35.4 Å². The van der Waals surface area contributed by atoms with E-state index in [1.54, 1.807) is 0 Å². The van der Waals surface area contributed by atoms with Gasteiger partial charge in [0, 0.05) is 12.4 Å². The molecule has 0 aliphatic heterocycles. The first kappa shape index (κ1) is 13.0. The second-order valence-electron chi connectivity index (χ2n) is 3.85. The van der Waals surface area contributed by atoms with Crippen LogP contribution in [-0.2, 0) is 11.2 Å². The fourth-order valence-electron chi connectivity index (χ4n) is 1.49. The van der Waals surface area contributed by atoms with Gasteiger partial charge in [0.1, 0.15) is 0 Å². The van der Waals surface area contributed by atoms with Crippen LogP contribution in [0.15, 0.2) is 24.3 Å². The number of carbonyl (C=O) groups is 1. The Hall–Kier alpha value is -1.02. The van der Waals surface area contributed by atoms with Crippen LogP contribution < -0.4 is 5.32 Å². The monoisotopic (exact) mass is 239 g/mol. The van der Waals surface area contributed by atoms with Crippen molar-refractivity contribution in [3.8, 4) is 0 Å². The third kappa shape index (κ3) is 4.67. The molecule has 16 heavy (non-hydrogen) atoms. The molecule has 0 spiro atoms. The van der Waals surface area contributed by atoms with Gasteiger partial charge in [-0.3, -0.25) is 4.79 Å². The van der Waals surface area contributed by atoms with Crippen LogP contribution in [0.2, 0.25) is 0 Å². The van der Waals surface area contributed by atoms with Crippen molar-refractivity contribution in [2.75, 3.05) is 12.4 Å². The molecule has 1 amide bonds. The summed E-state index contributed by atoms with van der Waals surface area (Å²) < 4.78 is 0. The first-order valence-electron chi connectivity index (χ1n) is 5.61. The van der Waals surface area contributed by atoms with E-state index < -0.39 is 0 Å². The normalized spacial score (nSPS) is 10.1. The molecule has 1 aromatic carbocycles. The highest BCUT2D eigenvalue weighted by molar-refractivity contribution is 6.17. The standard InChI is InChI=1S/C13H18ClNO/c1-11-6-2-3-7-12(11)10-13(16)15-9-5-4-8-14/h2-3,6-7H,4-5,8-10H2,1H3,(H,15,16). The van der Waals surface area contributed by atoms with E-state index in [0.29, 0.717) is 12.3 Å². The summed E-state index contributed by atoms with van der Waals surface area (Å²) in [4.78, 5) is 11.6. The molecular weight excluding hydrogens is 222 g/mol. The van der Waals surface area contributed by atoms with Gasteiger partial charge in [0.05, 0.1) is 6.42 Å². The fourth-order valence-corrected chi connectivity index (χ4v) is 1.68. The molecule has 0 atom stereocenters. The molecule has 0 saturated carbocycles. The third-order valence-corrected chi connectivity index (χ3v) is 2.76. The molecule has 1 aromatic rings. The van der Waals surface area contributed by atoms with Crippen molar-refractivity contribution in [1.82, 2.24) is 5.32 Å². The summed E-state index contributed by atoms with van der Waals surface area (Å²) in [6.07, 6.45) is 2.36. The summed E-state index contributed by atoms with van der Waals surface area (Å²) >= 11 is 5.55. The lowest BCUT2D eigenvalue weighted by Gasteiger charge is -2.06. The van der Waals surface area contributed by atoms with Crippen molar-refractivity contribution in [3.63, 3.8) is 0 Å². The van der Waals surface area contributed by atoms with Gasteiger partial charge in [0.15, 0.2) is 0 Å². The molecule has 0 fully saturated rings. The Balaban J connectivity index is 2.32. The van der Waals surface area contributed by atoms with E-state index in [2.05, 4.69) is 5.32 Å². The zero-order chi connectivity index (χ0) is 11.8. The minimum absolute atomic E-state index is 0.0869. The Bertz CT molecular complexity index is 338. The summed E-state index contributed by atoms with van der Waals surface area (Å²) in [7, 11) is 0. The van der Waals surface area contributed by atoms with Gasteiger partial charge in [-0.1, -0.05) is 24.3 Å². The molecule has 0 heterocycles. The van der Waals surface area contributed by atoms with Crippen LogP contribution in [0.25, 0.3) is 0 Å². The summed E-state index contributed by atoms with van der Waals surface area (Å²) in [6, 6.07) is 7.96. The number of hydrogen-bond acceptors (Lipinski definition) is 1. The van der Waals surface area contributed by atoms with Gasteiger partial charge in [0.25, 0.3) is 0 Å². The number of rotatable bonds is 6. The van der Waals surface area contributed by atoms with Gasteiger partial charge in [0.2, 0.25) is 5.91 Å². The first-order valence-corrected chi connectivity index (χ1v) is 6.14. The van der Waals surface area contributed by atoms with E-state index in [4.69, 9.17) is 11.6 Å². The van der Waals surface area contributed by atoms with E-state index in [1.807, 2.05) is 31.2 Å². The van der Waals surface area contributed by atoms with E-state index in [9.17, 15) is 4.79 Å². The van der Waals surface area contributed by atoms with Gasteiger partial charge in [-0.25, -0.2) is 0 Å². The highest BCUT2D eigenvalue weighted by Crippen LogP contribution is 2.07. The van der Waals surface area contributed by atoms with Crippen molar-refractivity contribution in [2.45, 2.75) is 26.2 Å². The molecular formula is C13H18ClNO. The minimum Gasteiger partial charge on any atom is -0.356 e. The molecule has 0 aliphatic rings. The Morgan fingerprint density at radius 2 is 2.06 bits per heavy atom. The number of alkyl halides is 1. The lowest BCUT2D eigenvalue weighted by atomic mass is 10.1. The molecule has 1 N–H and O–H groups in total. The Morgan fingerprint density at radius 1 is 1.31 bits per heavy atom. The van der Waals surface area contributed by atoms with Crippen LogP contribution in [0.4, 0.5) is 0 Å². The van der Waals surface area contributed by atoms with Crippen LogP contribution in [0.3, 0.4) is 0 Å². The highest BCUT2D eigenvalue weighted by atomic mass is 35.5. The molecule has 2 nitrogen and oxygen atoms in total. The van der Waals surface area contributed by atoms with Crippen molar-refractivity contribution >= 4 is 17.5 Å². The average molecular weight is 240 g/mol. The first-order chi connectivity index (χ1) is 7.74. The Morgan fingerprint density at radius 3 is 2.75 bits per heavy atom. The van der Waals surface area contributed by atoms with Crippen LogP contribution >= 0.6 is 11.6 Å². The SMILES string of the molecule is Cc1ccccc1CC(=O)NCCCCCl. The second-order valence-corrected chi connectivity index (χ2v) is 4.23. The number of halogens is 1. The van der Waals surface area contributed by atoms with Gasteiger partial charge in [-0.05, 0) is 30.9 Å². The number of amides is 1. The lowest BCUT2D eigenvalue weighted by molar-refractivity contribution is -0.120. The molecule has 0 unspecified atom stereocenters. The number of benzene rings is 1. The largest absolute Gasteiger partial charge is 0.356 e. The molecule has 0 aliphatic carbocycles. The minimum atomic E-state index is 0.0869. The van der Waals surface area contributed by atoms with Crippen molar-refractivity contribution in [1.29, 1.82) is 0 Å². The quantitative estimate of drug-likeness (QED) is 0.600. The summed E-state index contributed by atoms with van der Waals surface area (Å²) in [5.74, 6) is 0.747. The molecule has 3 heteroatoms. The maximum Gasteiger partial charge on any atom is 0.224 e. The molecule has 0 radical (unpaired) electrons. The molecule has 1 rings (SSSR count). The Labute approximate surface area is 102 Å². The van der Waals surface area contributed by atoms with E-state index in [1.165, 1.54) is 5.56 Å². The summed E-state index contributed by atoms with van der Waals surface area (Å²) in [5, 5.41) is 2.90. The van der Waals surface area contributed by atoms with Gasteiger partial charge in [-0.2, -0.15) is 0 Å². The molecule has 0 saturated heterocycles. The van der Waals surface area contributed by atoms with Gasteiger partial charge < -0.3 is 5.32 Å². The van der Waals surface area contributed by atoms with E-state index >= 15 is 0 Å². The van der Waals surface area contributed by atoms with Crippen LogP contribution in [-0.4, -0.2) is 18.3 Å². The number of nitrogens with one attached hydrogen (secondary N) is 1. The number of hydrogen-bond donors (Lipinski definition) is 1. The van der Waals surface area contributed by atoms with Crippen molar-refractivity contribution in [2.24, 2.45) is 0 Å². The molecule has 0 bridgehead atoms. The highest BCUT2D eigenvalue weighted by Gasteiger charge is 2.04. The van der Waals surface area contributed by atoms with E-state index in [-0.39, 0.29) is 5.91 Å². The zero-order valence-electron chi connectivity index (χ0n) is 9.63. The number of unbranched alkanes of at least 4 members (excludes halogenated alkanes) is 1. The van der Waals surface area contributed by atoms with Crippen molar-refractivity contribution < 1.29 is 4.79 Å². The van der Waals surface area contributed by atoms with E-state index in [0.717, 1.165) is 24.9 Å². The summed E-state index contributed by atoms with van der Waals surface area (Å²) in [6.45, 7) is 2.74. The smallest absolute Gasteiger partial charge is 0.224 e. The average Bonchev–Trinajstić information content (AvgIpc) is 2.28. The van der Waals surface area contributed by atoms with Crippen LogP contribution in [0, 0.1) is 6.92 Å². The topological polar surface area (TPSA) is 29.1 Å². The van der Waals surface area contributed by atoms with Gasteiger partial charge in [-0.15, -0.1) is 11.6 Å². The molecule has 0 aromatic heterocycles. The zero-order valence-corrected chi connectivity index (χ0v) is 10.4. The number of carbonyl (C=O) groups excluding carboxylic acids is 1. The van der Waals surface area contributed by atoms with Crippen LogP contribution in [0.1, 0.15) is 24.0 Å². The lowest BCUT2D eigenvalue weighted by Crippen LogP contribution is -2.26. The van der Waals surface area contributed by atoms with Gasteiger partial charge >= 0.3 is 0 Å². The number of aryl methyl sites for hydroxylation is 1. The predicted octanol–water partition coefficient (Wildman–Crippen LogP) is 2.67. The maximum atomic E-state index is 11.6. The summed E-state index contributed by atoms with van der Waals surface area (Å²) in [5.41, 5.74) is 2.26. The Kier molecular flexibility index (Phi) is 5.94. The van der Waals surface area contributed by atoms with Crippen LogP contribution in [0.5, 0.6) is 0 Å². The molecule has 88 valence electrons. The second kappa shape index (κ2) is 7.29. The maximum absolute atomic E-state index is 11.6.